The number of ether oxygens (including phenoxy) is 2. The van der Waals surface area contributed by atoms with Gasteiger partial charge in [-0.05, 0) is 61.7 Å². The number of hydrogen-bond donors (Lipinski definition) is 1. The van der Waals surface area contributed by atoms with E-state index >= 15 is 0 Å². The molecule has 2 aromatic rings. The molecule has 0 spiro atoms. The third-order valence-electron chi connectivity index (χ3n) is 3.07. The Bertz CT molecular complexity index is 662. The van der Waals surface area contributed by atoms with Gasteiger partial charge in [0.15, 0.2) is 0 Å². The van der Waals surface area contributed by atoms with Crippen LogP contribution in [0.2, 0.25) is 0 Å². The molecule has 0 saturated heterocycles. The number of methoxy groups -OCH3 is 2. The first-order valence-corrected chi connectivity index (χ1v) is 7.61. The summed E-state index contributed by atoms with van der Waals surface area (Å²) in [6, 6.07) is 7.81. The summed E-state index contributed by atoms with van der Waals surface area (Å²) in [6.07, 6.45) is -0.945. The van der Waals surface area contributed by atoms with Gasteiger partial charge in [0.2, 0.25) is 0 Å². The summed E-state index contributed by atoms with van der Waals surface area (Å²) in [5, 5.41) is 10.5. The van der Waals surface area contributed by atoms with Crippen molar-refractivity contribution in [1.29, 1.82) is 0 Å². The zero-order valence-electron chi connectivity index (χ0n) is 11.4. The van der Waals surface area contributed by atoms with E-state index in [0.717, 1.165) is 0 Å². The summed E-state index contributed by atoms with van der Waals surface area (Å²) in [5.41, 5.74) is 1.11. The Kier molecular flexibility index (Phi) is 5.24. The van der Waals surface area contributed by atoms with E-state index in [4.69, 9.17) is 9.47 Å². The van der Waals surface area contributed by atoms with Crippen molar-refractivity contribution in [3.63, 3.8) is 0 Å². The highest BCUT2D eigenvalue weighted by Crippen LogP contribution is 2.41. The molecule has 21 heavy (non-hydrogen) atoms. The van der Waals surface area contributed by atoms with E-state index in [-0.39, 0.29) is 5.82 Å². The van der Waals surface area contributed by atoms with Crippen molar-refractivity contribution in [3.8, 4) is 11.5 Å². The molecule has 0 aliphatic carbocycles. The molecule has 0 heterocycles. The lowest BCUT2D eigenvalue weighted by atomic mass is 10.0. The lowest BCUT2D eigenvalue weighted by Gasteiger charge is -2.18. The van der Waals surface area contributed by atoms with Crippen molar-refractivity contribution < 1.29 is 19.0 Å². The molecule has 3 nitrogen and oxygen atoms in total. The molecule has 1 N–H and O–H groups in total. The topological polar surface area (TPSA) is 38.7 Å². The van der Waals surface area contributed by atoms with Crippen molar-refractivity contribution in [1.82, 2.24) is 0 Å². The van der Waals surface area contributed by atoms with Gasteiger partial charge in [0.05, 0.1) is 18.7 Å². The van der Waals surface area contributed by atoms with Crippen LogP contribution in [0.3, 0.4) is 0 Å². The van der Waals surface area contributed by atoms with E-state index in [9.17, 15) is 9.50 Å². The molecule has 0 radical (unpaired) electrons. The first kappa shape index (κ1) is 16.3. The zero-order valence-corrected chi connectivity index (χ0v) is 14.5. The van der Waals surface area contributed by atoms with Gasteiger partial charge in [0.1, 0.15) is 27.9 Å². The molecular weight excluding hydrogens is 407 g/mol. The van der Waals surface area contributed by atoms with Crippen molar-refractivity contribution in [2.45, 2.75) is 6.10 Å². The highest BCUT2D eigenvalue weighted by Gasteiger charge is 2.20. The Morgan fingerprint density at radius 2 is 1.81 bits per heavy atom. The maximum atomic E-state index is 13.3. The predicted molar refractivity (Wildman–Crippen MR) is 85.4 cm³/mol. The van der Waals surface area contributed by atoms with Crippen LogP contribution in [0, 0.1) is 5.82 Å². The van der Waals surface area contributed by atoms with E-state index in [2.05, 4.69) is 31.9 Å². The molecule has 112 valence electrons. The number of aliphatic hydroxyl groups is 1. The Hall–Kier alpha value is -1.11. The van der Waals surface area contributed by atoms with Crippen molar-refractivity contribution in [3.05, 3.63) is 56.2 Å². The average molecular weight is 420 g/mol. The second-order valence-electron chi connectivity index (χ2n) is 4.28. The fraction of sp³-hybridized carbons (Fsp3) is 0.200. The Balaban J connectivity index is 2.50. The molecule has 6 heteroatoms. The first-order chi connectivity index (χ1) is 9.99. The number of rotatable bonds is 4. The third-order valence-corrected chi connectivity index (χ3v) is 4.43. The molecular formula is C15H13Br2FO3. The van der Waals surface area contributed by atoms with Gasteiger partial charge >= 0.3 is 0 Å². The third kappa shape index (κ3) is 3.22. The minimum Gasteiger partial charge on any atom is -0.495 e. The summed E-state index contributed by atoms with van der Waals surface area (Å²) in [6.45, 7) is 0. The van der Waals surface area contributed by atoms with E-state index in [1.807, 2.05) is 0 Å². The Morgan fingerprint density at radius 3 is 2.38 bits per heavy atom. The van der Waals surface area contributed by atoms with Gasteiger partial charge in [0, 0.05) is 5.56 Å². The summed E-state index contributed by atoms with van der Waals surface area (Å²) in [5.74, 6) is 0.694. The van der Waals surface area contributed by atoms with Gasteiger partial charge in [-0.3, -0.25) is 0 Å². The minimum atomic E-state index is -0.945. The highest BCUT2D eigenvalue weighted by molar-refractivity contribution is 9.11. The van der Waals surface area contributed by atoms with E-state index in [1.165, 1.54) is 25.3 Å². The zero-order chi connectivity index (χ0) is 15.6. The molecule has 0 saturated carbocycles. The van der Waals surface area contributed by atoms with Crippen molar-refractivity contribution in [2.75, 3.05) is 14.2 Å². The Labute approximate surface area is 139 Å². The fourth-order valence-electron chi connectivity index (χ4n) is 2.00. The number of halogens is 3. The smallest absolute Gasteiger partial charge is 0.142 e. The van der Waals surface area contributed by atoms with E-state index < -0.39 is 6.10 Å². The second-order valence-corrected chi connectivity index (χ2v) is 5.93. The maximum Gasteiger partial charge on any atom is 0.142 e. The molecule has 1 unspecified atom stereocenters. The van der Waals surface area contributed by atoms with Crippen LogP contribution in [0.25, 0.3) is 0 Å². The summed E-state index contributed by atoms with van der Waals surface area (Å²) in [4.78, 5) is 0. The van der Waals surface area contributed by atoms with Crippen molar-refractivity contribution >= 4 is 31.9 Å². The largest absolute Gasteiger partial charge is 0.495 e. The van der Waals surface area contributed by atoms with Crippen LogP contribution >= 0.6 is 31.9 Å². The van der Waals surface area contributed by atoms with Crippen LogP contribution in [0.5, 0.6) is 11.5 Å². The van der Waals surface area contributed by atoms with Crippen LogP contribution in [0.15, 0.2) is 39.3 Å². The normalized spacial score (nSPS) is 12.1. The molecule has 2 rings (SSSR count). The Morgan fingerprint density at radius 1 is 1.10 bits per heavy atom. The fourth-order valence-corrected chi connectivity index (χ4v) is 3.08. The molecule has 0 aliphatic heterocycles. The maximum absolute atomic E-state index is 13.3. The minimum absolute atomic E-state index is 0.297. The standard InChI is InChI=1S/C15H13Br2FO3/c1-20-12-6-4-9(15(21-2)13(12)17)14(19)8-3-5-11(18)10(16)7-8/h3-7,14,19H,1-2H3. The lowest BCUT2D eigenvalue weighted by Crippen LogP contribution is -2.04. The van der Waals surface area contributed by atoms with Crippen LogP contribution in [0.1, 0.15) is 17.2 Å². The first-order valence-electron chi connectivity index (χ1n) is 6.03. The number of benzene rings is 2. The van der Waals surface area contributed by atoms with Crippen LogP contribution in [-0.4, -0.2) is 19.3 Å². The monoisotopic (exact) mass is 418 g/mol. The van der Waals surface area contributed by atoms with Crippen LogP contribution in [-0.2, 0) is 0 Å². The number of hydrogen-bond acceptors (Lipinski definition) is 3. The van der Waals surface area contributed by atoms with Crippen LogP contribution in [0.4, 0.5) is 4.39 Å². The molecule has 1 atom stereocenters. The molecule has 0 aliphatic rings. The van der Waals surface area contributed by atoms with Gasteiger partial charge < -0.3 is 14.6 Å². The van der Waals surface area contributed by atoms with Gasteiger partial charge in [-0.2, -0.15) is 0 Å². The van der Waals surface area contributed by atoms with E-state index in [1.54, 1.807) is 19.2 Å². The van der Waals surface area contributed by atoms with Gasteiger partial charge in [-0.15, -0.1) is 0 Å². The van der Waals surface area contributed by atoms with Gasteiger partial charge in [-0.1, -0.05) is 6.07 Å². The predicted octanol–water partition coefficient (Wildman–Crippen LogP) is 4.45. The lowest BCUT2D eigenvalue weighted by molar-refractivity contribution is 0.214. The van der Waals surface area contributed by atoms with Crippen LogP contribution < -0.4 is 9.47 Å². The molecule has 0 amide bonds. The van der Waals surface area contributed by atoms with Gasteiger partial charge in [-0.25, -0.2) is 4.39 Å². The molecule has 0 aromatic heterocycles. The number of aliphatic hydroxyl groups excluding tert-OH is 1. The van der Waals surface area contributed by atoms with E-state index in [0.29, 0.717) is 31.6 Å². The average Bonchev–Trinajstić information content (AvgIpc) is 2.49. The van der Waals surface area contributed by atoms with Gasteiger partial charge in [0.25, 0.3) is 0 Å². The second kappa shape index (κ2) is 6.77. The summed E-state index contributed by atoms with van der Waals surface area (Å²) < 4.78 is 24.7. The molecule has 0 fully saturated rings. The SMILES string of the molecule is COc1ccc(C(O)c2ccc(F)c(Br)c2)c(OC)c1Br. The summed E-state index contributed by atoms with van der Waals surface area (Å²) in [7, 11) is 3.06. The molecule has 0 bridgehead atoms. The van der Waals surface area contributed by atoms with Crippen molar-refractivity contribution in [2.24, 2.45) is 0 Å². The quantitative estimate of drug-likeness (QED) is 0.795. The summed E-state index contributed by atoms with van der Waals surface area (Å²) >= 11 is 6.50. The molecule has 2 aromatic carbocycles. The highest BCUT2D eigenvalue weighted by atomic mass is 79.9.